The topological polar surface area (TPSA) is 120 Å². The third-order valence-electron chi connectivity index (χ3n) is 5.34. The summed E-state index contributed by atoms with van der Waals surface area (Å²) < 4.78 is 27.7. The van der Waals surface area contributed by atoms with E-state index in [-0.39, 0.29) is 40.6 Å². The zero-order valence-corrected chi connectivity index (χ0v) is 25.2. The maximum atomic E-state index is 12.9. The number of thiophene rings is 1. The normalized spacial score (nSPS) is 12.4. The van der Waals surface area contributed by atoms with Crippen LogP contribution < -0.4 is 20.7 Å². The maximum Gasteiger partial charge on any atom is 0.319 e. The lowest BCUT2D eigenvalue weighted by molar-refractivity contribution is 0.183. The lowest BCUT2D eigenvalue weighted by Gasteiger charge is -2.30. The molecule has 0 aliphatic rings. The van der Waals surface area contributed by atoms with E-state index in [4.69, 9.17) is 23.2 Å². The molecule has 9 nitrogen and oxygen atoms in total. The SMILES string of the molecule is CC(C)C[C@H](CN(CCCCNS(=O)(=O)c1ccc(Cl)cc1Cl)C(=O)NC(C)C)NC(=O)Nc1ccsc1. The molecule has 1 aromatic carbocycles. The summed E-state index contributed by atoms with van der Waals surface area (Å²) in [6.45, 7) is 8.77. The average Bonchev–Trinajstić information content (AvgIpc) is 3.29. The Balaban J connectivity index is 1.97. The quantitative estimate of drug-likeness (QED) is 0.204. The summed E-state index contributed by atoms with van der Waals surface area (Å²) in [6, 6.07) is 5.15. The van der Waals surface area contributed by atoms with Gasteiger partial charge in [-0.1, -0.05) is 37.0 Å². The number of unbranched alkanes of at least 4 members (excludes halogenated alkanes) is 1. The predicted octanol–water partition coefficient (Wildman–Crippen LogP) is 5.77. The van der Waals surface area contributed by atoms with Crippen molar-refractivity contribution in [3.8, 4) is 0 Å². The molecule has 1 heterocycles. The van der Waals surface area contributed by atoms with Crippen molar-refractivity contribution >= 4 is 62.3 Å². The summed E-state index contributed by atoms with van der Waals surface area (Å²) >= 11 is 13.4. The van der Waals surface area contributed by atoms with Gasteiger partial charge in [-0.3, -0.25) is 0 Å². The zero-order valence-electron chi connectivity index (χ0n) is 22.1. The fourth-order valence-electron chi connectivity index (χ4n) is 3.72. The van der Waals surface area contributed by atoms with Crippen molar-refractivity contribution in [2.75, 3.05) is 25.0 Å². The van der Waals surface area contributed by atoms with Gasteiger partial charge in [0.1, 0.15) is 4.90 Å². The molecular weight excluding hydrogens is 569 g/mol. The highest BCUT2D eigenvalue weighted by Crippen LogP contribution is 2.24. The van der Waals surface area contributed by atoms with Gasteiger partial charge in [-0.25, -0.2) is 22.7 Å². The van der Waals surface area contributed by atoms with Gasteiger partial charge in [0.05, 0.1) is 10.7 Å². The molecule has 1 aromatic heterocycles. The smallest absolute Gasteiger partial charge is 0.319 e. The summed E-state index contributed by atoms with van der Waals surface area (Å²) in [5.41, 5.74) is 0.715. The number of rotatable bonds is 14. The van der Waals surface area contributed by atoms with Crippen molar-refractivity contribution in [2.24, 2.45) is 5.92 Å². The van der Waals surface area contributed by atoms with Gasteiger partial charge in [0.15, 0.2) is 0 Å². The zero-order chi connectivity index (χ0) is 28.3. The number of hydrogen-bond donors (Lipinski definition) is 4. The fraction of sp³-hybridized carbons (Fsp3) is 0.520. The van der Waals surface area contributed by atoms with E-state index in [2.05, 4.69) is 34.5 Å². The minimum atomic E-state index is -3.80. The van der Waals surface area contributed by atoms with Crippen molar-refractivity contribution in [2.45, 2.75) is 63.9 Å². The first-order valence-corrected chi connectivity index (χ1v) is 15.7. The van der Waals surface area contributed by atoms with E-state index in [1.54, 1.807) is 4.90 Å². The van der Waals surface area contributed by atoms with Gasteiger partial charge in [-0.15, -0.1) is 0 Å². The van der Waals surface area contributed by atoms with Gasteiger partial charge < -0.3 is 20.9 Å². The van der Waals surface area contributed by atoms with E-state index in [0.717, 1.165) is 0 Å². The maximum absolute atomic E-state index is 12.9. The first-order valence-electron chi connectivity index (χ1n) is 12.5. The highest BCUT2D eigenvalue weighted by molar-refractivity contribution is 7.89. The number of amides is 4. The molecule has 0 spiro atoms. The van der Waals surface area contributed by atoms with E-state index in [1.807, 2.05) is 30.7 Å². The molecule has 0 unspecified atom stereocenters. The Hall–Kier alpha value is -2.05. The minimum Gasteiger partial charge on any atom is -0.336 e. The van der Waals surface area contributed by atoms with Gasteiger partial charge in [0.25, 0.3) is 0 Å². The minimum absolute atomic E-state index is 0.0372. The lowest BCUT2D eigenvalue weighted by atomic mass is 10.0. The molecule has 2 rings (SSSR count). The molecule has 13 heteroatoms. The van der Waals surface area contributed by atoms with Crippen LogP contribution in [0.15, 0.2) is 39.9 Å². The van der Waals surface area contributed by atoms with Crippen molar-refractivity contribution in [3.63, 3.8) is 0 Å². The molecule has 0 aliphatic carbocycles. The van der Waals surface area contributed by atoms with Crippen molar-refractivity contribution in [1.82, 2.24) is 20.3 Å². The van der Waals surface area contributed by atoms with E-state index in [9.17, 15) is 18.0 Å². The Kier molecular flexibility index (Phi) is 13.1. The number of sulfonamides is 1. The number of carbonyl (C=O) groups excluding carboxylic acids is 2. The predicted molar refractivity (Wildman–Crippen MR) is 156 cm³/mol. The summed E-state index contributed by atoms with van der Waals surface area (Å²) in [7, 11) is -3.80. The molecule has 4 amide bonds. The molecule has 212 valence electrons. The summed E-state index contributed by atoms with van der Waals surface area (Å²) in [5, 5.41) is 12.8. The second-order valence-electron chi connectivity index (χ2n) is 9.67. The Morgan fingerprint density at radius 2 is 1.79 bits per heavy atom. The molecule has 0 fully saturated rings. The highest BCUT2D eigenvalue weighted by atomic mass is 35.5. The molecule has 0 saturated carbocycles. The van der Waals surface area contributed by atoms with Gasteiger partial charge in [-0.2, -0.15) is 11.3 Å². The van der Waals surface area contributed by atoms with Crippen LogP contribution in [0.4, 0.5) is 15.3 Å². The van der Waals surface area contributed by atoms with Crippen LogP contribution in [0.3, 0.4) is 0 Å². The van der Waals surface area contributed by atoms with Gasteiger partial charge >= 0.3 is 12.1 Å². The number of halogens is 2. The molecule has 38 heavy (non-hydrogen) atoms. The second kappa shape index (κ2) is 15.5. The Labute approximate surface area is 239 Å². The summed E-state index contributed by atoms with van der Waals surface area (Å²) in [5.74, 6) is 0.297. The van der Waals surface area contributed by atoms with Gasteiger partial charge in [0, 0.05) is 42.1 Å². The summed E-state index contributed by atoms with van der Waals surface area (Å²) in [4.78, 5) is 27.1. The van der Waals surface area contributed by atoms with Crippen LogP contribution in [0.5, 0.6) is 0 Å². The van der Waals surface area contributed by atoms with Crippen LogP contribution >= 0.6 is 34.5 Å². The van der Waals surface area contributed by atoms with Crippen LogP contribution in [-0.4, -0.2) is 57.1 Å². The number of urea groups is 2. The largest absolute Gasteiger partial charge is 0.336 e. The fourth-order valence-corrected chi connectivity index (χ4v) is 6.15. The van der Waals surface area contributed by atoms with Crippen LogP contribution in [0.25, 0.3) is 0 Å². The number of hydrogen-bond acceptors (Lipinski definition) is 5. The van der Waals surface area contributed by atoms with Crippen molar-refractivity contribution in [3.05, 3.63) is 45.1 Å². The number of anilines is 1. The monoisotopic (exact) mass is 605 g/mol. The third kappa shape index (κ3) is 11.4. The Morgan fingerprint density at radius 3 is 2.39 bits per heavy atom. The third-order valence-corrected chi connectivity index (χ3v) is 8.20. The number of carbonyl (C=O) groups is 2. The lowest BCUT2D eigenvalue weighted by Crippen LogP contribution is -2.51. The molecule has 0 bridgehead atoms. The first kappa shape index (κ1) is 32.2. The van der Waals surface area contributed by atoms with Crippen LogP contribution in [0.1, 0.15) is 47.0 Å². The van der Waals surface area contributed by atoms with Gasteiger partial charge in [0.2, 0.25) is 10.0 Å². The molecular formula is C25H37Cl2N5O4S2. The van der Waals surface area contributed by atoms with Crippen molar-refractivity contribution in [1.29, 1.82) is 0 Å². The Morgan fingerprint density at radius 1 is 1.05 bits per heavy atom. The second-order valence-corrected chi connectivity index (χ2v) is 13.0. The first-order chi connectivity index (χ1) is 17.9. The number of nitrogens with zero attached hydrogens (tertiary/aromatic N) is 1. The van der Waals surface area contributed by atoms with E-state index in [1.165, 1.54) is 29.5 Å². The van der Waals surface area contributed by atoms with Crippen LogP contribution in [-0.2, 0) is 10.0 Å². The molecule has 2 aromatic rings. The highest BCUT2D eigenvalue weighted by Gasteiger charge is 2.22. The van der Waals surface area contributed by atoms with Crippen LogP contribution in [0, 0.1) is 5.92 Å². The van der Waals surface area contributed by atoms with Gasteiger partial charge in [-0.05, 0) is 68.7 Å². The molecule has 4 N–H and O–H groups in total. The molecule has 0 radical (unpaired) electrons. The van der Waals surface area contributed by atoms with E-state index < -0.39 is 10.0 Å². The van der Waals surface area contributed by atoms with Crippen LogP contribution in [0.2, 0.25) is 10.0 Å². The van der Waals surface area contributed by atoms with E-state index in [0.29, 0.717) is 49.0 Å². The van der Waals surface area contributed by atoms with E-state index >= 15 is 0 Å². The number of nitrogens with one attached hydrogen (secondary N) is 4. The van der Waals surface area contributed by atoms with Crippen molar-refractivity contribution < 1.29 is 18.0 Å². The summed E-state index contributed by atoms with van der Waals surface area (Å²) in [6.07, 6.45) is 1.73. The molecule has 1 atom stereocenters. The Bertz CT molecular complexity index is 1140. The average molecular weight is 607 g/mol. The standard InChI is InChI=1S/C25H37Cl2N5O4S2/c1-17(2)13-21(31-24(33)30-20-9-12-37-16-20)15-32(25(34)29-18(3)4)11-6-5-10-28-38(35,36)23-8-7-19(26)14-22(23)27/h7-9,12,14,16-18,21,28H,5-6,10-11,13,15H2,1-4H3,(H,29,34)(H2,30,31,33)/t21-/m1/s1. The molecule has 0 aliphatic heterocycles. The molecule has 0 saturated heterocycles. The number of benzene rings is 1.